The molecule has 0 spiro atoms. The Hall–Kier alpha value is -0.240. The Morgan fingerprint density at radius 1 is 1.00 bits per heavy atom. The maximum atomic E-state index is 9.92. The van der Waals surface area contributed by atoms with Crippen molar-refractivity contribution in [3.63, 3.8) is 0 Å². The van der Waals surface area contributed by atoms with E-state index >= 15 is 0 Å². The van der Waals surface area contributed by atoms with E-state index in [1.807, 2.05) is 0 Å². The van der Waals surface area contributed by atoms with Crippen LogP contribution in [-0.2, 0) is 4.74 Å². The molecule has 0 aromatic heterocycles. The minimum atomic E-state index is -1.45. The lowest BCUT2D eigenvalue weighted by Gasteiger charge is -2.39. The fraction of sp³-hybridized carbons (Fsp3) is 1.00. The van der Waals surface area contributed by atoms with Gasteiger partial charge in [0.2, 0.25) is 0 Å². The monoisotopic (exact) mass is 206 g/mol. The second kappa shape index (κ2) is 3.13. The summed E-state index contributed by atoms with van der Waals surface area (Å²) in [6.45, 7) is 0. The summed E-state index contributed by atoms with van der Waals surface area (Å²) in [4.78, 5) is 0. The van der Waals surface area contributed by atoms with Crippen LogP contribution in [0.2, 0.25) is 0 Å². The molecule has 14 heavy (non-hydrogen) atoms. The summed E-state index contributed by atoms with van der Waals surface area (Å²) in [6, 6.07) is 0. The summed E-state index contributed by atoms with van der Waals surface area (Å²) in [5.41, 5.74) is -1.45. The number of rotatable bonds is 1. The SMILES string of the molecule is OC1OC1[C@]1(O)C[C@@H](O)[C@@H](O)[C@H](O)C1. The Morgan fingerprint density at radius 3 is 1.79 bits per heavy atom. The summed E-state index contributed by atoms with van der Waals surface area (Å²) < 4.78 is 4.69. The predicted octanol–water partition coefficient (Wildman–Crippen LogP) is -2.69. The first-order chi connectivity index (χ1) is 6.44. The molecule has 1 heterocycles. The molecule has 1 aliphatic carbocycles. The molecule has 5 N–H and O–H groups in total. The van der Waals surface area contributed by atoms with Crippen molar-refractivity contribution in [2.24, 2.45) is 0 Å². The van der Waals surface area contributed by atoms with E-state index in [0.717, 1.165) is 0 Å². The van der Waals surface area contributed by atoms with Crippen LogP contribution in [0.15, 0.2) is 0 Å². The first-order valence-electron chi connectivity index (χ1n) is 4.54. The van der Waals surface area contributed by atoms with Crippen LogP contribution in [0.1, 0.15) is 12.8 Å². The zero-order valence-electron chi connectivity index (χ0n) is 7.45. The highest BCUT2D eigenvalue weighted by Crippen LogP contribution is 2.40. The highest BCUT2D eigenvalue weighted by molar-refractivity contribution is 5.04. The van der Waals surface area contributed by atoms with Gasteiger partial charge in [0.15, 0.2) is 6.29 Å². The summed E-state index contributed by atoms with van der Waals surface area (Å²) in [5, 5.41) is 46.8. The Bertz CT molecular complexity index is 220. The molecule has 1 saturated carbocycles. The zero-order chi connectivity index (χ0) is 10.5. The van der Waals surface area contributed by atoms with Crippen LogP contribution in [0, 0.1) is 0 Å². The normalized spacial score (nSPS) is 58.5. The highest BCUT2D eigenvalue weighted by atomic mass is 16.7. The van der Waals surface area contributed by atoms with Gasteiger partial charge >= 0.3 is 0 Å². The quantitative estimate of drug-likeness (QED) is 0.299. The van der Waals surface area contributed by atoms with Gasteiger partial charge in [-0.1, -0.05) is 0 Å². The van der Waals surface area contributed by atoms with Gasteiger partial charge in [0.1, 0.15) is 17.8 Å². The smallest absolute Gasteiger partial charge is 0.184 e. The largest absolute Gasteiger partial charge is 0.390 e. The first-order valence-corrected chi connectivity index (χ1v) is 4.54. The van der Waals surface area contributed by atoms with Crippen LogP contribution in [0.25, 0.3) is 0 Å². The van der Waals surface area contributed by atoms with E-state index in [2.05, 4.69) is 0 Å². The molecule has 0 aromatic rings. The van der Waals surface area contributed by atoms with Gasteiger partial charge in [0.05, 0.1) is 12.2 Å². The van der Waals surface area contributed by atoms with Gasteiger partial charge in [0, 0.05) is 12.8 Å². The van der Waals surface area contributed by atoms with Crippen LogP contribution in [0.4, 0.5) is 0 Å². The van der Waals surface area contributed by atoms with Gasteiger partial charge in [-0.2, -0.15) is 0 Å². The van der Waals surface area contributed by atoms with Gasteiger partial charge < -0.3 is 30.3 Å². The lowest BCUT2D eigenvalue weighted by atomic mass is 9.77. The highest BCUT2D eigenvalue weighted by Gasteiger charge is 2.58. The number of epoxide rings is 1. The maximum absolute atomic E-state index is 9.92. The topological polar surface area (TPSA) is 114 Å². The van der Waals surface area contributed by atoms with E-state index < -0.39 is 36.3 Å². The van der Waals surface area contributed by atoms with Crippen LogP contribution in [0.5, 0.6) is 0 Å². The van der Waals surface area contributed by atoms with Crippen LogP contribution in [-0.4, -0.2) is 61.8 Å². The average molecular weight is 206 g/mol. The van der Waals surface area contributed by atoms with E-state index in [4.69, 9.17) is 9.84 Å². The summed E-state index contributed by atoms with van der Waals surface area (Å²) in [7, 11) is 0. The van der Waals surface area contributed by atoms with Crippen molar-refractivity contribution in [1.82, 2.24) is 0 Å². The molecule has 0 aromatic carbocycles. The van der Waals surface area contributed by atoms with Crippen LogP contribution < -0.4 is 0 Å². The number of aliphatic hydroxyl groups is 5. The molecular weight excluding hydrogens is 192 g/mol. The van der Waals surface area contributed by atoms with Crippen molar-refractivity contribution in [3.05, 3.63) is 0 Å². The number of hydrogen-bond acceptors (Lipinski definition) is 6. The molecule has 1 saturated heterocycles. The van der Waals surface area contributed by atoms with E-state index in [-0.39, 0.29) is 12.8 Å². The number of hydrogen-bond donors (Lipinski definition) is 5. The Labute approximate surface area is 80.4 Å². The molecular formula is C8H14O6. The van der Waals surface area contributed by atoms with E-state index in [1.165, 1.54) is 0 Å². The van der Waals surface area contributed by atoms with Crippen molar-refractivity contribution >= 4 is 0 Å². The Kier molecular flexibility index (Phi) is 2.30. The second-order valence-electron chi connectivity index (χ2n) is 4.08. The molecule has 1 aliphatic heterocycles. The van der Waals surface area contributed by atoms with Crippen molar-refractivity contribution < 1.29 is 30.3 Å². The fourth-order valence-electron chi connectivity index (χ4n) is 2.03. The molecule has 0 radical (unpaired) electrons. The molecule has 82 valence electrons. The van der Waals surface area contributed by atoms with Crippen molar-refractivity contribution in [2.75, 3.05) is 0 Å². The van der Waals surface area contributed by atoms with Gasteiger partial charge in [-0.15, -0.1) is 0 Å². The molecule has 2 aliphatic rings. The average Bonchev–Trinajstić information content (AvgIpc) is 2.79. The molecule has 2 fully saturated rings. The van der Waals surface area contributed by atoms with Crippen molar-refractivity contribution in [1.29, 1.82) is 0 Å². The standard InChI is InChI=1S/C8H14O6/c9-3-1-8(13,6-7(12)14-6)2-4(10)5(3)11/h3-7,9-13H,1-2H2/t3-,4-,5-,6?,7?,8+/m1/s1. The summed E-state index contributed by atoms with van der Waals surface area (Å²) >= 11 is 0. The van der Waals surface area contributed by atoms with Crippen molar-refractivity contribution in [2.45, 2.75) is 49.1 Å². The van der Waals surface area contributed by atoms with E-state index in [0.29, 0.717) is 0 Å². The zero-order valence-corrected chi connectivity index (χ0v) is 7.45. The molecule has 0 bridgehead atoms. The van der Waals surface area contributed by atoms with Gasteiger partial charge in [0.25, 0.3) is 0 Å². The Balaban J connectivity index is 2.07. The van der Waals surface area contributed by atoms with Gasteiger partial charge in [-0.3, -0.25) is 0 Å². The molecule has 2 rings (SSSR count). The second-order valence-corrected chi connectivity index (χ2v) is 4.08. The third-order valence-corrected chi connectivity index (χ3v) is 2.91. The lowest BCUT2D eigenvalue weighted by molar-refractivity contribution is -0.161. The van der Waals surface area contributed by atoms with Gasteiger partial charge in [-0.05, 0) is 0 Å². The first kappa shape index (κ1) is 10.3. The van der Waals surface area contributed by atoms with Crippen LogP contribution in [0.3, 0.4) is 0 Å². The predicted molar refractivity (Wildman–Crippen MR) is 43.1 cm³/mol. The summed E-state index contributed by atoms with van der Waals surface area (Å²) in [5.74, 6) is 0. The van der Waals surface area contributed by atoms with Crippen molar-refractivity contribution in [3.8, 4) is 0 Å². The lowest BCUT2D eigenvalue weighted by Crippen LogP contribution is -2.55. The van der Waals surface area contributed by atoms with E-state index in [1.54, 1.807) is 0 Å². The maximum Gasteiger partial charge on any atom is 0.184 e. The van der Waals surface area contributed by atoms with E-state index in [9.17, 15) is 20.4 Å². The van der Waals surface area contributed by atoms with Crippen LogP contribution >= 0.6 is 0 Å². The number of ether oxygens (including phenoxy) is 1. The number of aliphatic hydroxyl groups excluding tert-OH is 4. The third kappa shape index (κ3) is 1.54. The molecule has 2 unspecified atom stereocenters. The summed E-state index contributed by atoms with van der Waals surface area (Å²) in [6.07, 6.45) is -5.64. The molecule has 0 amide bonds. The minimum absolute atomic E-state index is 0.104. The van der Waals surface area contributed by atoms with Gasteiger partial charge in [-0.25, -0.2) is 0 Å². The molecule has 4 atom stereocenters. The molecule has 6 nitrogen and oxygen atoms in total. The third-order valence-electron chi connectivity index (χ3n) is 2.91. The minimum Gasteiger partial charge on any atom is -0.390 e. The fourth-order valence-corrected chi connectivity index (χ4v) is 2.03. The Morgan fingerprint density at radius 2 is 1.43 bits per heavy atom. The molecule has 6 heteroatoms.